The largest absolute Gasteiger partial charge is 0.0622 e. The Balaban J connectivity index is 0.967. The summed E-state index contributed by atoms with van der Waals surface area (Å²) in [6.45, 7) is 8.90. The highest BCUT2D eigenvalue weighted by Gasteiger charge is 2.11. The van der Waals surface area contributed by atoms with Crippen molar-refractivity contribution in [2.45, 2.75) is 27.7 Å². The van der Waals surface area contributed by atoms with Crippen LogP contribution in [0.3, 0.4) is 0 Å². The molecule has 0 spiro atoms. The lowest BCUT2D eigenvalue weighted by molar-refractivity contribution is 1.33. The third kappa shape index (κ3) is 9.53. The molecular formula is C60H50. The average Bonchev–Trinajstić information content (AvgIpc) is 3.29. The van der Waals surface area contributed by atoms with Crippen molar-refractivity contribution < 1.29 is 0 Å². The first-order valence-corrected chi connectivity index (χ1v) is 20.8. The fraction of sp³-hybridized carbons (Fsp3) is 0.0667. The summed E-state index contributed by atoms with van der Waals surface area (Å²) < 4.78 is 0. The molecule has 0 saturated heterocycles. The summed E-state index contributed by atoms with van der Waals surface area (Å²) in [7, 11) is 0. The highest BCUT2D eigenvalue weighted by molar-refractivity contribution is 5.92. The third-order valence-corrected chi connectivity index (χ3v) is 11.3. The molecule has 8 aromatic carbocycles. The molecule has 0 aliphatic rings. The molecule has 0 unspecified atom stereocenters. The van der Waals surface area contributed by atoms with Crippen molar-refractivity contribution in [2.75, 3.05) is 0 Å². The quantitative estimate of drug-likeness (QED) is 0.115. The Hall–Kier alpha value is -7.28. The van der Waals surface area contributed by atoms with E-state index in [-0.39, 0.29) is 0 Å². The molecule has 0 N–H and O–H groups in total. The van der Waals surface area contributed by atoms with Gasteiger partial charge in [-0.15, -0.1) is 0 Å². The standard InChI is InChI=1S/C60H50/c1-43-39-57(45(3)37-55(43)35-33-47-25-29-49(30-26-47)41-59(51-17-9-5-10-18-51)52-19-11-6-12-20-52)58-40-44(2)56(38-46(58)4)36-34-48-27-31-50(32-28-48)42-60(53-21-13-7-14-22-53)54-23-15-8-16-24-54/h5-42H,1-4H3. The van der Waals surface area contributed by atoms with Gasteiger partial charge in [-0.3, -0.25) is 0 Å². The van der Waals surface area contributed by atoms with Crippen molar-refractivity contribution in [3.05, 3.63) is 272 Å². The van der Waals surface area contributed by atoms with Gasteiger partial charge < -0.3 is 0 Å². The van der Waals surface area contributed by atoms with E-state index < -0.39 is 0 Å². The van der Waals surface area contributed by atoms with Crippen LogP contribution in [0.2, 0.25) is 0 Å². The fourth-order valence-electron chi connectivity index (χ4n) is 7.87. The van der Waals surface area contributed by atoms with Crippen LogP contribution in [0.15, 0.2) is 194 Å². The molecule has 0 aromatic heterocycles. The predicted molar refractivity (Wildman–Crippen MR) is 261 cm³/mol. The number of benzene rings is 8. The highest BCUT2D eigenvalue weighted by Crippen LogP contribution is 2.33. The van der Waals surface area contributed by atoms with Crippen molar-refractivity contribution >= 4 is 47.6 Å². The van der Waals surface area contributed by atoms with Gasteiger partial charge in [-0.2, -0.15) is 0 Å². The van der Waals surface area contributed by atoms with E-state index in [9.17, 15) is 0 Å². The molecule has 0 saturated carbocycles. The molecule has 0 atom stereocenters. The Morgan fingerprint density at radius 3 is 0.867 bits per heavy atom. The van der Waals surface area contributed by atoms with Gasteiger partial charge in [0.05, 0.1) is 0 Å². The SMILES string of the molecule is Cc1cc(-c2cc(C)c(C=Cc3ccc(C=C(c4ccccc4)c4ccccc4)cc3)cc2C)c(C)cc1C=Cc1ccc(C=C(c2ccccc2)c2ccccc2)cc1. The minimum absolute atomic E-state index is 1.18. The summed E-state index contributed by atoms with van der Waals surface area (Å²) in [5, 5.41) is 0. The lowest BCUT2D eigenvalue weighted by Crippen LogP contribution is -1.94. The molecule has 0 amide bonds. The summed E-state index contributed by atoms with van der Waals surface area (Å²) in [6.07, 6.45) is 13.5. The Morgan fingerprint density at radius 2 is 0.567 bits per heavy atom. The van der Waals surface area contributed by atoms with Crippen LogP contribution < -0.4 is 0 Å². The topological polar surface area (TPSA) is 0 Å². The van der Waals surface area contributed by atoms with E-state index >= 15 is 0 Å². The molecule has 8 aromatic rings. The molecule has 8 rings (SSSR count). The fourth-order valence-corrected chi connectivity index (χ4v) is 7.87. The van der Waals surface area contributed by atoms with Gasteiger partial charge in [-0.1, -0.05) is 218 Å². The molecule has 60 heavy (non-hydrogen) atoms. The molecule has 0 aliphatic heterocycles. The first kappa shape index (κ1) is 39.5. The number of rotatable bonds is 11. The second-order valence-electron chi connectivity index (χ2n) is 15.6. The predicted octanol–water partition coefficient (Wildman–Crippen LogP) is 16.1. The lowest BCUT2D eigenvalue weighted by atomic mass is 9.89. The normalized spacial score (nSPS) is 11.2. The van der Waals surface area contributed by atoms with Crippen molar-refractivity contribution in [2.24, 2.45) is 0 Å². The van der Waals surface area contributed by atoms with Crippen molar-refractivity contribution in [1.82, 2.24) is 0 Å². The molecular weight excluding hydrogens is 721 g/mol. The Kier molecular flexibility index (Phi) is 12.2. The monoisotopic (exact) mass is 770 g/mol. The van der Waals surface area contributed by atoms with Gasteiger partial charge in [0.1, 0.15) is 0 Å². The second-order valence-corrected chi connectivity index (χ2v) is 15.6. The Morgan fingerprint density at radius 1 is 0.283 bits per heavy atom. The van der Waals surface area contributed by atoms with Gasteiger partial charge in [0.25, 0.3) is 0 Å². The van der Waals surface area contributed by atoms with Gasteiger partial charge in [-0.25, -0.2) is 0 Å². The van der Waals surface area contributed by atoms with Gasteiger partial charge in [-0.05, 0) is 140 Å². The molecule has 0 radical (unpaired) electrons. The van der Waals surface area contributed by atoms with Gasteiger partial charge >= 0.3 is 0 Å². The molecule has 0 aliphatic carbocycles. The van der Waals surface area contributed by atoms with E-state index in [2.05, 4.69) is 258 Å². The van der Waals surface area contributed by atoms with E-state index in [0.29, 0.717) is 0 Å². The number of hydrogen-bond donors (Lipinski definition) is 0. The minimum Gasteiger partial charge on any atom is -0.0622 e. The Bertz CT molecular complexity index is 2530. The van der Waals surface area contributed by atoms with Crippen LogP contribution in [0.1, 0.15) is 77.9 Å². The van der Waals surface area contributed by atoms with Crippen LogP contribution in [0, 0.1) is 27.7 Å². The van der Waals surface area contributed by atoms with E-state index in [1.165, 1.54) is 100 Å². The molecule has 290 valence electrons. The summed E-state index contributed by atoms with van der Waals surface area (Å²) >= 11 is 0. The van der Waals surface area contributed by atoms with Crippen LogP contribution in [0.4, 0.5) is 0 Å². The Labute approximate surface area is 356 Å². The first-order valence-electron chi connectivity index (χ1n) is 20.8. The van der Waals surface area contributed by atoms with Gasteiger partial charge in [0.2, 0.25) is 0 Å². The second kappa shape index (κ2) is 18.5. The number of aryl methyl sites for hydroxylation is 4. The maximum absolute atomic E-state index is 2.35. The molecule has 0 fully saturated rings. The maximum Gasteiger partial charge on any atom is -0.0105 e. The van der Waals surface area contributed by atoms with Crippen LogP contribution >= 0.6 is 0 Å². The summed E-state index contributed by atoms with van der Waals surface area (Å²) in [5.74, 6) is 0. The summed E-state index contributed by atoms with van der Waals surface area (Å²) in [6, 6.07) is 69.5. The third-order valence-electron chi connectivity index (χ3n) is 11.3. The molecule has 0 nitrogen and oxygen atoms in total. The number of hydrogen-bond acceptors (Lipinski definition) is 0. The average molecular weight is 771 g/mol. The highest BCUT2D eigenvalue weighted by atomic mass is 14.2. The molecule has 0 heterocycles. The molecule has 0 bridgehead atoms. The lowest BCUT2D eigenvalue weighted by Gasteiger charge is -2.15. The summed E-state index contributed by atoms with van der Waals surface area (Å²) in [4.78, 5) is 0. The van der Waals surface area contributed by atoms with Crippen LogP contribution in [0.25, 0.3) is 58.7 Å². The van der Waals surface area contributed by atoms with E-state index in [4.69, 9.17) is 0 Å². The smallest absolute Gasteiger partial charge is 0.0105 e. The first-order chi connectivity index (χ1) is 29.4. The summed E-state index contributed by atoms with van der Waals surface area (Å²) in [5.41, 5.74) is 22.1. The zero-order valence-corrected chi connectivity index (χ0v) is 34.9. The molecule has 0 heteroatoms. The van der Waals surface area contributed by atoms with Crippen LogP contribution in [-0.4, -0.2) is 0 Å². The van der Waals surface area contributed by atoms with E-state index in [0.717, 1.165) is 0 Å². The zero-order valence-electron chi connectivity index (χ0n) is 34.9. The van der Waals surface area contributed by atoms with Gasteiger partial charge in [0.15, 0.2) is 0 Å². The minimum atomic E-state index is 1.18. The maximum atomic E-state index is 2.35. The van der Waals surface area contributed by atoms with E-state index in [1.54, 1.807) is 0 Å². The van der Waals surface area contributed by atoms with Crippen molar-refractivity contribution in [1.29, 1.82) is 0 Å². The van der Waals surface area contributed by atoms with E-state index in [1.807, 2.05) is 0 Å². The van der Waals surface area contributed by atoms with Crippen LogP contribution in [0.5, 0.6) is 0 Å². The zero-order chi connectivity index (χ0) is 41.3. The van der Waals surface area contributed by atoms with Crippen molar-refractivity contribution in [3.8, 4) is 11.1 Å². The van der Waals surface area contributed by atoms with Crippen LogP contribution in [-0.2, 0) is 0 Å². The van der Waals surface area contributed by atoms with Gasteiger partial charge in [0, 0.05) is 0 Å². The van der Waals surface area contributed by atoms with Crippen molar-refractivity contribution in [3.63, 3.8) is 0 Å².